The normalized spacial score (nSPS) is 14.7. The highest BCUT2D eigenvalue weighted by Crippen LogP contribution is 2.37. The lowest BCUT2D eigenvalue weighted by Gasteiger charge is -2.26. The van der Waals surface area contributed by atoms with Gasteiger partial charge >= 0.3 is 0 Å². The van der Waals surface area contributed by atoms with Crippen molar-refractivity contribution in [1.82, 2.24) is 4.31 Å². The summed E-state index contributed by atoms with van der Waals surface area (Å²) in [6.45, 7) is 7.75. The van der Waals surface area contributed by atoms with E-state index in [-0.39, 0.29) is 15.5 Å². The summed E-state index contributed by atoms with van der Waals surface area (Å²) in [6, 6.07) is 7.76. The molecular formula is C23H29ClN2O6S. The van der Waals surface area contributed by atoms with Gasteiger partial charge in [0.15, 0.2) is 11.5 Å². The van der Waals surface area contributed by atoms with Gasteiger partial charge in [-0.15, -0.1) is 0 Å². The van der Waals surface area contributed by atoms with Gasteiger partial charge in [0.2, 0.25) is 10.0 Å². The third-order valence-corrected chi connectivity index (χ3v) is 7.26. The number of carbonyl (C=O) groups excluding carboxylic acids is 1. The first-order chi connectivity index (χ1) is 15.8. The molecule has 1 aliphatic heterocycles. The van der Waals surface area contributed by atoms with Gasteiger partial charge in [-0.2, -0.15) is 4.31 Å². The van der Waals surface area contributed by atoms with Gasteiger partial charge in [-0.1, -0.05) is 24.6 Å². The van der Waals surface area contributed by atoms with E-state index in [1.165, 1.54) is 16.4 Å². The quantitative estimate of drug-likeness (QED) is 0.561. The Morgan fingerprint density at radius 1 is 1.15 bits per heavy atom. The van der Waals surface area contributed by atoms with Crippen molar-refractivity contribution >= 4 is 33.2 Å². The number of rotatable bonds is 9. The van der Waals surface area contributed by atoms with Crippen LogP contribution in [0.25, 0.3) is 0 Å². The summed E-state index contributed by atoms with van der Waals surface area (Å²) in [5, 5.41) is 3.06. The SMILES string of the molecule is CCCOc1c(Cl)cc(C(=O)Nc2cc(S(=O)(=O)N3CCOCC3)ccc2C)cc1OCC. The van der Waals surface area contributed by atoms with Crippen molar-refractivity contribution in [2.75, 3.05) is 44.8 Å². The van der Waals surface area contributed by atoms with Gasteiger partial charge < -0.3 is 19.5 Å². The number of carbonyl (C=O) groups is 1. The van der Waals surface area contributed by atoms with E-state index in [2.05, 4.69) is 5.32 Å². The third kappa shape index (κ3) is 5.97. The largest absolute Gasteiger partial charge is 0.490 e. The standard InChI is InChI=1S/C23H29ClN2O6S/c1-4-10-32-22-19(24)13-17(14-21(22)31-5-2)23(27)25-20-15-18(7-6-16(20)3)33(28,29)26-8-11-30-12-9-26/h6-7,13-15H,4-5,8-12H2,1-3H3,(H,25,27). The minimum atomic E-state index is -3.69. The van der Waals surface area contributed by atoms with Crippen LogP contribution >= 0.6 is 11.6 Å². The number of amides is 1. The van der Waals surface area contributed by atoms with Crippen LogP contribution in [-0.2, 0) is 14.8 Å². The number of halogens is 1. The van der Waals surface area contributed by atoms with Gasteiger partial charge in [0, 0.05) is 24.3 Å². The van der Waals surface area contributed by atoms with Crippen molar-refractivity contribution < 1.29 is 27.4 Å². The summed E-state index contributed by atoms with van der Waals surface area (Å²) >= 11 is 6.38. The van der Waals surface area contributed by atoms with E-state index < -0.39 is 15.9 Å². The topological polar surface area (TPSA) is 94.2 Å². The van der Waals surface area contributed by atoms with Gasteiger partial charge in [0.1, 0.15) is 0 Å². The maximum absolute atomic E-state index is 13.0. The third-order valence-electron chi connectivity index (χ3n) is 5.09. The van der Waals surface area contributed by atoms with Gasteiger partial charge in [0.05, 0.1) is 36.3 Å². The molecule has 8 nitrogen and oxygen atoms in total. The van der Waals surface area contributed by atoms with E-state index in [1.807, 2.05) is 13.8 Å². The summed E-state index contributed by atoms with van der Waals surface area (Å²) in [4.78, 5) is 13.1. The van der Waals surface area contributed by atoms with Crippen molar-refractivity contribution in [3.05, 3.63) is 46.5 Å². The number of aryl methyl sites for hydroxylation is 1. The fraction of sp³-hybridized carbons (Fsp3) is 0.435. The second kappa shape index (κ2) is 11.2. The van der Waals surface area contributed by atoms with Crippen molar-refractivity contribution in [1.29, 1.82) is 0 Å². The van der Waals surface area contributed by atoms with Crippen LogP contribution in [0.15, 0.2) is 35.2 Å². The average molecular weight is 497 g/mol. The Morgan fingerprint density at radius 2 is 1.88 bits per heavy atom. The molecule has 180 valence electrons. The number of benzene rings is 2. The lowest BCUT2D eigenvalue weighted by molar-refractivity contribution is 0.0730. The van der Waals surface area contributed by atoms with Crippen LogP contribution in [0.2, 0.25) is 5.02 Å². The first kappa shape index (κ1) is 25.3. The number of hydrogen-bond donors (Lipinski definition) is 1. The summed E-state index contributed by atoms with van der Waals surface area (Å²) in [5.74, 6) is 0.333. The fourth-order valence-corrected chi connectivity index (χ4v) is 5.03. The highest BCUT2D eigenvalue weighted by molar-refractivity contribution is 7.89. The Labute approximate surface area is 199 Å². The molecule has 3 rings (SSSR count). The molecule has 1 N–H and O–H groups in total. The molecule has 0 spiro atoms. The summed E-state index contributed by atoms with van der Waals surface area (Å²) in [7, 11) is -3.69. The van der Waals surface area contributed by atoms with Gasteiger partial charge in [-0.05, 0) is 50.1 Å². The van der Waals surface area contributed by atoms with Crippen molar-refractivity contribution in [3.8, 4) is 11.5 Å². The Morgan fingerprint density at radius 3 is 2.55 bits per heavy atom. The van der Waals surface area contributed by atoms with Crippen LogP contribution < -0.4 is 14.8 Å². The Bertz CT molecular complexity index is 1100. The zero-order valence-electron chi connectivity index (χ0n) is 19.0. The maximum Gasteiger partial charge on any atom is 0.255 e. The number of nitrogens with one attached hydrogen (secondary N) is 1. The molecule has 33 heavy (non-hydrogen) atoms. The maximum atomic E-state index is 13.0. The molecule has 0 aliphatic carbocycles. The van der Waals surface area contributed by atoms with Gasteiger partial charge in [0.25, 0.3) is 5.91 Å². The Kier molecular flexibility index (Phi) is 8.58. The summed E-state index contributed by atoms with van der Waals surface area (Å²) in [6.07, 6.45) is 0.799. The monoisotopic (exact) mass is 496 g/mol. The van der Waals surface area contributed by atoms with E-state index in [1.54, 1.807) is 25.1 Å². The number of morpholine rings is 1. The number of nitrogens with zero attached hydrogens (tertiary/aromatic N) is 1. The molecule has 2 aromatic rings. The molecule has 0 unspecified atom stereocenters. The molecule has 1 saturated heterocycles. The molecule has 1 amide bonds. The molecule has 0 atom stereocenters. The second-order valence-electron chi connectivity index (χ2n) is 7.51. The molecule has 1 aliphatic rings. The van der Waals surface area contributed by atoms with Crippen LogP contribution in [0, 0.1) is 6.92 Å². The zero-order valence-corrected chi connectivity index (χ0v) is 20.6. The minimum absolute atomic E-state index is 0.113. The van der Waals surface area contributed by atoms with E-state index in [0.717, 1.165) is 12.0 Å². The first-order valence-corrected chi connectivity index (χ1v) is 12.7. The number of anilines is 1. The number of hydrogen-bond acceptors (Lipinski definition) is 6. The van der Waals surface area contributed by atoms with E-state index in [9.17, 15) is 13.2 Å². The van der Waals surface area contributed by atoms with Crippen molar-refractivity contribution in [3.63, 3.8) is 0 Å². The van der Waals surface area contributed by atoms with Crippen LogP contribution in [-0.4, -0.2) is 58.1 Å². The zero-order chi connectivity index (χ0) is 24.0. The summed E-state index contributed by atoms with van der Waals surface area (Å²) in [5.41, 5.74) is 1.39. The van der Waals surface area contributed by atoms with Gasteiger partial charge in [-0.25, -0.2) is 8.42 Å². The van der Waals surface area contributed by atoms with Crippen molar-refractivity contribution in [2.24, 2.45) is 0 Å². The van der Waals surface area contributed by atoms with E-state index in [0.29, 0.717) is 56.7 Å². The minimum Gasteiger partial charge on any atom is -0.490 e. The number of ether oxygens (including phenoxy) is 3. The highest BCUT2D eigenvalue weighted by atomic mass is 35.5. The molecule has 0 bridgehead atoms. The molecule has 1 fully saturated rings. The highest BCUT2D eigenvalue weighted by Gasteiger charge is 2.27. The fourth-order valence-electron chi connectivity index (χ4n) is 3.33. The number of sulfonamides is 1. The average Bonchev–Trinajstić information content (AvgIpc) is 2.80. The predicted molar refractivity (Wildman–Crippen MR) is 127 cm³/mol. The first-order valence-electron chi connectivity index (χ1n) is 10.9. The summed E-state index contributed by atoms with van der Waals surface area (Å²) < 4.78 is 43.9. The predicted octanol–water partition coefficient (Wildman–Crippen LogP) is 4.11. The smallest absolute Gasteiger partial charge is 0.255 e. The van der Waals surface area contributed by atoms with Crippen LogP contribution in [0.1, 0.15) is 36.2 Å². The van der Waals surface area contributed by atoms with Crippen LogP contribution in [0.5, 0.6) is 11.5 Å². The van der Waals surface area contributed by atoms with Gasteiger partial charge in [-0.3, -0.25) is 4.79 Å². The molecule has 10 heteroatoms. The Balaban J connectivity index is 1.87. The van der Waals surface area contributed by atoms with Crippen molar-refractivity contribution in [2.45, 2.75) is 32.1 Å². The Hall–Kier alpha value is -2.33. The molecule has 0 aromatic heterocycles. The van der Waals surface area contributed by atoms with Crippen LogP contribution in [0.4, 0.5) is 5.69 Å². The molecule has 2 aromatic carbocycles. The van der Waals surface area contributed by atoms with E-state index >= 15 is 0 Å². The second-order valence-corrected chi connectivity index (χ2v) is 9.86. The van der Waals surface area contributed by atoms with E-state index in [4.69, 9.17) is 25.8 Å². The lowest BCUT2D eigenvalue weighted by Crippen LogP contribution is -2.40. The molecule has 1 heterocycles. The van der Waals surface area contributed by atoms with Crippen LogP contribution in [0.3, 0.4) is 0 Å². The molecular weight excluding hydrogens is 468 g/mol. The lowest BCUT2D eigenvalue weighted by atomic mass is 10.1. The molecule has 0 radical (unpaired) electrons. The molecule has 0 saturated carbocycles.